The second-order valence-electron chi connectivity index (χ2n) is 6.22. The van der Waals surface area contributed by atoms with Crippen LogP contribution in [0.5, 0.6) is 0 Å². The van der Waals surface area contributed by atoms with Gasteiger partial charge in [0.25, 0.3) is 0 Å². The topological polar surface area (TPSA) is 42.3 Å². The van der Waals surface area contributed by atoms with Gasteiger partial charge in [0.1, 0.15) is 0 Å². The number of morpholine rings is 1. The van der Waals surface area contributed by atoms with Gasteiger partial charge >= 0.3 is 0 Å². The highest BCUT2D eigenvalue weighted by Gasteiger charge is 2.32. The van der Waals surface area contributed by atoms with Crippen LogP contribution in [0.1, 0.15) is 37.1 Å². The normalized spacial score (nSPS) is 28.6. The van der Waals surface area contributed by atoms with Crippen LogP contribution in [0.3, 0.4) is 0 Å². The first-order valence-corrected chi connectivity index (χ1v) is 7.72. The van der Waals surface area contributed by atoms with Gasteiger partial charge in [-0.15, -0.1) is 0 Å². The highest BCUT2D eigenvalue weighted by atomic mass is 16.5. The van der Waals surface area contributed by atoms with Gasteiger partial charge in [0.05, 0.1) is 18.4 Å². The first-order valence-electron chi connectivity index (χ1n) is 7.72. The standard InChI is InChI=1S/C15H26N4O/c1-11(15-9-18(3)17-12(15)2)16-7-14-8-19-6-4-5-13(19)10-20-14/h9,11,13-14,16H,4-8,10H2,1-3H3. The molecule has 20 heavy (non-hydrogen) atoms. The van der Waals surface area contributed by atoms with Crippen molar-refractivity contribution >= 4 is 0 Å². The molecule has 5 heteroatoms. The number of nitrogens with zero attached hydrogens (tertiary/aromatic N) is 3. The molecule has 2 fully saturated rings. The van der Waals surface area contributed by atoms with Crippen molar-refractivity contribution < 1.29 is 4.74 Å². The number of nitrogens with one attached hydrogen (secondary N) is 1. The van der Waals surface area contributed by atoms with Gasteiger partial charge < -0.3 is 10.1 Å². The molecule has 0 spiro atoms. The van der Waals surface area contributed by atoms with Crippen molar-refractivity contribution in [3.8, 4) is 0 Å². The van der Waals surface area contributed by atoms with Gasteiger partial charge in [-0.2, -0.15) is 5.10 Å². The quantitative estimate of drug-likeness (QED) is 0.900. The summed E-state index contributed by atoms with van der Waals surface area (Å²) in [4.78, 5) is 2.59. The fourth-order valence-corrected chi connectivity index (χ4v) is 3.47. The lowest BCUT2D eigenvalue weighted by Gasteiger charge is -2.35. The maximum atomic E-state index is 5.99. The molecule has 3 atom stereocenters. The largest absolute Gasteiger partial charge is 0.374 e. The van der Waals surface area contributed by atoms with Crippen LogP contribution in [-0.2, 0) is 11.8 Å². The van der Waals surface area contributed by atoms with Gasteiger partial charge in [-0.1, -0.05) is 0 Å². The third-order valence-corrected chi connectivity index (χ3v) is 4.63. The molecule has 1 N–H and O–H groups in total. The summed E-state index contributed by atoms with van der Waals surface area (Å²) < 4.78 is 7.87. The zero-order valence-electron chi connectivity index (χ0n) is 12.8. The molecule has 112 valence electrons. The molecular weight excluding hydrogens is 252 g/mol. The molecule has 2 aliphatic heterocycles. The molecule has 0 aliphatic carbocycles. The molecule has 0 amide bonds. The van der Waals surface area contributed by atoms with E-state index < -0.39 is 0 Å². The van der Waals surface area contributed by atoms with E-state index in [-0.39, 0.29) is 0 Å². The van der Waals surface area contributed by atoms with Crippen molar-refractivity contribution in [3.63, 3.8) is 0 Å². The first-order chi connectivity index (χ1) is 9.63. The van der Waals surface area contributed by atoms with Crippen LogP contribution >= 0.6 is 0 Å². The van der Waals surface area contributed by atoms with E-state index in [1.54, 1.807) is 0 Å². The van der Waals surface area contributed by atoms with Crippen molar-refractivity contribution in [1.82, 2.24) is 20.0 Å². The van der Waals surface area contributed by atoms with Crippen LogP contribution < -0.4 is 5.32 Å². The third kappa shape index (κ3) is 2.90. The Hall–Kier alpha value is -0.910. The Morgan fingerprint density at radius 2 is 2.40 bits per heavy atom. The number of hydrogen-bond acceptors (Lipinski definition) is 4. The number of hydrogen-bond donors (Lipinski definition) is 1. The number of aryl methyl sites for hydroxylation is 2. The van der Waals surface area contributed by atoms with Crippen molar-refractivity contribution in [2.24, 2.45) is 7.05 Å². The number of aromatic nitrogens is 2. The summed E-state index contributed by atoms with van der Waals surface area (Å²) in [5, 5.41) is 8.01. The Balaban J connectivity index is 1.50. The van der Waals surface area contributed by atoms with Crippen molar-refractivity contribution in [2.75, 3.05) is 26.2 Å². The van der Waals surface area contributed by atoms with Gasteiger partial charge in [-0.25, -0.2) is 0 Å². The third-order valence-electron chi connectivity index (χ3n) is 4.63. The predicted octanol–water partition coefficient (Wildman–Crippen LogP) is 1.24. The monoisotopic (exact) mass is 278 g/mol. The fourth-order valence-electron chi connectivity index (χ4n) is 3.47. The molecule has 0 bridgehead atoms. The van der Waals surface area contributed by atoms with E-state index in [9.17, 15) is 0 Å². The van der Waals surface area contributed by atoms with E-state index in [0.717, 1.165) is 25.4 Å². The molecule has 0 saturated carbocycles. The lowest BCUT2D eigenvalue weighted by molar-refractivity contribution is -0.0477. The molecule has 0 aromatic carbocycles. The summed E-state index contributed by atoms with van der Waals surface area (Å²) in [5.41, 5.74) is 2.39. The zero-order valence-corrected chi connectivity index (χ0v) is 12.8. The summed E-state index contributed by atoms with van der Waals surface area (Å²) >= 11 is 0. The highest BCUT2D eigenvalue weighted by molar-refractivity contribution is 5.19. The van der Waals surface area contributed by atoms with E-state index in [4.69, 9.17) is 4.74 Å². The van der Waals surface area contributed by atoms with Gasteiger partial charge in [0.2, 0.25) is 0 Å². The molecule has 1 aromatic rings. The van der Waals surface area contributed by atoms with Crippen molar-refractivity contribution in [2.45, 2.75) is 44.9 Å². The lowest BCUT2D eigenvalue weighted by atomic mass is 10.1. The van der Waals surface area contributed by atoms with Gasteiger partial charge in [0, 0.05) is 44.0 Å². The van der Waals surface area contributed by atoms with Crippen LogP contribution in [0.25, 0.3) is 0 Å². The number of rotatable bonds is 4. The van der Waals surface area contributed by atoms with Crippen LogP contribution in [0, 0.1) is 6.92 Å². The summed E-state index contributed by atoms with van der Waals surface area (Å²) in [6, 6.07) is 1.01. The smallest absolute Gasteiger partial charge is 0.0827 e. The summed E-state index contributed by atoms with van der Waals surface area (Å²) in [5.74, 6) is 0. The van der Waals surface area contributed by atoms with Crippen LogP contribution in [0.2, 0.25) is 0 Å². The Bertz CT molecular complexity index is 459. The molecule has 5 nitrogen and oxygen atoms in total. The minimum atomic E-state index is 0.323. The SMILES string of the molecule is Cc1nn(C)cc1C(C)NCC1CN2CCCC2CO1. The average molecular weight is 278 g/mol. The number of fused-ring (bicyclic) bond motifs is 1. The lowest BCUT2D eigenvalue weighted by Crippen LogP contribution is -2.49. The van der Waals surface area contributed by atoms with Crippen LogP contribution in [-0.4, -0.2) is 53.1 Å². The molecule has 1 aromatic heterocycles. The van der Waals surface area contributed by atoms with E-state index in [2.05, 4.69) is 35.4 Å². The van der Waals surface area contributed by atoms with Crippen LogP contribution in [0.4, 0.5) is 0 Å². The molecule has 2 aliphatic rings. The molecule has 3 rings (SSSR count). The minimum absolute atomic E-state index is 0.323. The Morgan fingerprint density at radius 3 is 3.15 bits per heavy atom. The Kier molecular flexibility index (Phi) is 4.10. The fraction of sp³-hybridized carbons (Fsp3) is 0.800. The summed E-state index contributed by atoms with van der Waals surface area (Å²) in [7, 11) is 1.97. The summed E-state index contributed by atoms with van der Waals surface area (Å²) in [6.45, 7) is 8.43. The van der Waals surface area contributed by atoms with E-state index in [0.29, 0.717) is 18.2 Å². The Labute approximate surface area is 121 Å². The molecule has 2 saturated heterocycles. The highest BCUT2D eigenvalue weighted by Crippen LogP contribution is 2.23. The molecular formula is C15H26N4O. The van der Waals surface area contributed by atoms with Crippen molar-refractivity contribution in [1.29, 1.82) is 0 Å². The van der Waals surface area contributed by atoms with Crippen molar-refractivity contribution in [3.05, 3.63) is 17.5 Å². The summed E-state index contributed by atoms with van der Waals surface area (Å²) in [6.07, 6.45) is 5.07. The molecule has 3 heterocycles. The minimum Gasteiger partial charge on any atom is -0.374 e. The van der Waals surface area contributed by atoms with Gasteiger partial charge in [-0.3, -0.25) is 9.58 Å². The second-order valence-corrected chi connectivity index (χ2v) is 6.22. The van der Waals surface area contributed by atoms with E-state index in [1.807, 2.05) is 11.7 Å². The maximum absolute atomic E-state index is 5.99. The maximum Gasteiger partial charge on any atom is 0.0827 e. The van der Waals surface area contributed by atoms with Gasteiger partial charge in [0.15, 0.2) is 0 Å². The first kappa shape index (κ1) is 14.0. The zero-order chi connectivity index (χ0) is 14.1. The molecule has 0 radical (unpaired) electrons. The van der Waals surface area contributed by atoms with Crippen LogP contribution in [0.15, 0.2) is 6.20 Å². The number of ether oxygens (including phenoxy) is 1. The second kappa shape index (κ2) is 5.84. The Morgan fingerprint density at radius 1 is 1.55 bits per heavy atom. The average Bonchev–Trinajstić information content (AvgIpc) is 3.01. The van der Waals surface area contributed by atoms with E-state index >= 15 is 0 Å². The van der Waals surface area contributed by atoms with Gasteiger partial charge in [-0.05, 0) is 33.2 Å². The molecule has 3 unspecified atom stereocenters. The predicted molar refractivity (Wildman–Crippen MR) is 78.7 cm³/mol. The van der Waals surface area contributed by atoms with E-state index in [1.165, 1.54) is 24.9 Å².